The fraction of sp³-hybridized carbons (Fsp3) is 0.588. The van der Waals surface area contributed by atoms with E-state index < -0.39 is 10.0 Å². The van der Waals surface area contributed by atoms with E-state index in [1.807, 2.05) is 13.0 Å². The summed E-state index contributed by atoms with van der Waals surface area (Å²) in [5, 5.41) is 6.73. The first kappa shape index (κ1) is 19.3. The molecule has 2 saturated heterocycles. The van der Waals surface area contributed by atoms with Crippen molar-refractivity contribution < 1.29 is 13.2 Å². The average molecular weight is 399 g/mol. The minimum atomic E-state index is -3.54. The van der Waals surface area contributed by atoms with E-state index >= 15 is 0 Å². The van der Waals surface area contributed by atoms with Gasteiger partial charge in [0, 0.05) is 32.7 Å². The van der Waals surface area contributed by atoms with Gasteiger partial charge in [0.1, 0.15) is 0 Å². The molecule has 2 fully saturated rings. The molecule has 0 unspecified atom stereocenters. The molecule has 144 valence electrons. The van der Waals surface area contributed by atoms with Crippen LogP contribution in [0.1, 0.15) is 19.8 Å². The SMILES string of the molecule is CCNC(=S)Nc1cc(S(=O)(=O)N2CCOCC2)ccc1N1CCCC1. The summed E-state index contributed by atoms with van der Waals surface area (Å²) in [4.78, 5) is 2.55. The van der Waals surface area contributed by atoms with Gasteiger partial charge in [0.15, 0.2) is 5.11 Å². The summed E-state index contributed by atoms with van der Waals surface area (Å²) in [6.07, 6.45) is 2.29. The monoisotopic (exact) mass is 398 g/mol. The molecule has 9 heteroatoms. The molecule has 2 aliphatic rings. The summed E-state index contributed by atoms with van der Waals surface area (Å²) in [5.74, 6) is 0. The fourth-order valence-corrected chi connectivity index (χ4v) is 4.96. The van der Waals surface area contributed by atoms with Crippen LogP contribution in [0.2, 0.25) is 0 Å². The summed E-state index contributed by atoms with van der Waals surface area (Å²) in [6.45, 7) is 6.24. The molecular formula is C17H26N4O3S2. The number of hydrogen-bond donors (Lipinski definition) is 2. The standard InChI is InChI=1S/C17H26N4O3S2/c1-2-18-17(25)19-15-13-14(5-6-16(15)20-7-3-4-8-20)26(22,23)21-9-11-24-12-10-21/h5-6,13H,2-4,7-12H2,1H3,(H2,18,19,25). The van der Waals surface area contributed by atoms with Crippen LogP contribution in [0.4, 0.5) is 11.4 Å². The fourth-order valence-electron chi connectivity index (χ4n) is 3.27. The Labute approximate surface area is 160 Å². The second-order valence-electron chi connectivity index (χ2n) is 6.37. The maximum absolute atomic E-state index is 13.0. The van der Waals surface area contributed by atoms with Gasteiger partial charge in [-0.15, -0.1) is 0 Å². The van der Waals surface area contributed by atoms with Crippen molar-refractivity contribution in [2.24, 2.45) is 0 Å². The first-order chi connectivity index (χ1) is 12.5. The van der Waals surface area contributed by atoms with Crippen molar-refractivity contribution in [1.82, 2.24) is 9.62 Å². The Balaban J connectivity index is 1.92. The molecule has 0 saturated carbocycles. The summed E-state index contributed by atoms with van der Waals surface area (Å²) < 4.78 is 32.7. The second-order valence-corrected chi connectivity index (χ2v) is 8.72. The van der Waals surface area contributed by atoms with Gasteiger partial charge < -0.3 is 20.3 Å². The van der Waals surface area contributed by atoms with Crippen LogP contribution in [0.25, 0.3) is 0 Å². The Hall–Kier alpha value is -1.42. The molecule has 0 aromatic heterocycles. The number of hydrogen-bond acceptors (Lipinski definition) is 5. The molecular weight excluding hydrogens is 372 g/mol. The molecule has 1 aromatic carbocycles. The molecule has 1 aromatic rings. The normalized spacial score (nSPS) is 18.7. The Morgan fingerprint density at radius 3 is 2.54 bits per heavy atom. The Bertz CT molecular complexity index is 742. The van der Waals surface area contributed by atoms with Gasteiger partial charge in [0.05, 0.1) is 29.5 Å². The molecule has 0 bridgehead atoms. The van der Waals surface area contributed by atoms with Crippen LogP contribution in [-0.4, -0.2) is 63.8 Å². The third-order valence-corrected chi connectivity index (χ3v) is 6.75. The van der Waals surface area contributed by atoms with Crippen molar-refractivity contribution in [3.8, 4) is 0 Å². The first-order valence-electron chi connectivity index (χ1n) is 9.04. The lowest BCUT2D eigenvalue weighted by molar-refractivity contribution is 0.0730. The van der Waals surface area contributed by atoms with Crippen LogP contribution in [0.15, 0.2) is 23.1 Å². The van der Waals surface area contributed by atoms with E-state index in [1.165, 1.54) is 4.31 Å². The van der Waals surface area contributed by atoms with Gasteiger partial charge in [-0.3, -0.25) is 0 Å². The third-order valence-electron chi connectivity index (χ3n) is 4.61. The number of sulfonamides is 1. The van der Waals surface area contributed by atoms with Gasteiger partial charge in [0.2, 0.25) is 10.0 Å². The molecule has 0 aliphatic carbocycles. The molecule has 7 nitrogen and oxygen atoms in total. The van der Waals surface area contributed by atoms with E-state index in [9.17, 15) is 8.42 Å². The second kappa shape index (κ2) is 8.51. The molecule has 26 heavy (non-hydrogen) atoms. The van der Waals surface area contributed by atoms with Crippen LogP contribution in [0.3, 0.4) is 0 Å². The quantitative estimate of drug-likeness (QED) is 0.730. The van der Waals surface area contributed by atoms with Crippen LogP contribution in [0, 0.1) is 0 Å². The van der Waals surface area contributed by atoms with Crippen LogP contribution >= 0.6 is 12.2 Å². The Morgan fingerprint density at radius 1 is 1.19 bits per heavy atom. The molecule has 2 heterocycles. The molecule has 3 rings (SSSR count). The topological polar surface area (TPSA) is 73.9 Å². The minimum absolute atomic E-state index is 0.282. The van der Waals surface area contributed by atoms with Crippen LogP contribution < -0.4 is 15.5 Å². The largest absolute Gasteiger partial charge is 0.379 e. The first-order valence-corrected chi connectivity index (χ1v) is 10.9. The van der Waals surface area contributed by atoms with Crippen molar-refractivity contribution in [2.45, 2.75) is 24.7 Å². The van der Waals surface area contributed by atoms with E-state index in [2.05, 4.69) is 15.5 Å². The molecule has 0 radical (unpaired) electrons. The summed E-state index contributed by atoms with van der Waals surface area (Å²) in [5.41, 5.74) is 1.72. The zero-order valence-corrected chi connectivity index (χ0v) is 16.7. The Kier molecular flexibility index (Phi) is 6.33. The van der Waals surface area contributed by atoms with Gasteiger partial charge >= 0.3 is 0 Å². The highest BCUT2D eigenvalue weighted by Crippen LogP contribution is 2.32. The molecule has 2 aliphatic heterocycles. The maximum Gasteiger partial charge on any atom is 0.243 e. The lowest BCUT2D eigenvalue weighted by Crippen LogP contribution is -2.40. The molecule has 2 N–H and O–H groups in total. The van der Waals surface area contributed by atoms with Crippen molar-refractivity contribution >= 4 is 38.7 Å². The molecule has 0 amide bonds. The Morgan fingerprint density at radius 2 is 1.88 bits per heavy atom. The van der Waals surface area contributed by atoms with Crippen molar-refractivity contribution in [3.05, 3.63) is 18.2 Å². The summed E-state index contributed by atoms with van der Waals surface area (Å²) in [6, 6.07) is 5.28. The number of thiocarbonyl (C=S) groups is 1. The number of ether oxygens (including phenoxy) is 1. The lowest BCUT2D eigenvalue weighted by Gasteiger charge is -2.27. The number of anilines is 2. The van der Waals surface area contributed by atoms with Crippen LogP contribution in [0.5, 0.6) is 0 Å². The van der Waals surface area contributed by atoms with E-state index in [-0.39, 0.29) is 4.90 Å². The van der Waals surface area contributed by atoms with Gasteiger partial charge in [-0.25, -0.2) is 8.42 Å². The van der Waals surface area contributed by atoms with Gasteiger partial charge in [-0.1, -0.05) is 0 Å². The number of rotatable bonds is 5. The van der Waals surface area contributed by atoms with Crippen molar-refractivity contribution in [3.63, 3.8) is 0 Å². The molecule has 0 spiro atoms. The zero-order chi connectivity index (χ0) is 18.6. The van der Waals surface area contributed by atoms with Crippen molar-refractivity contribution in [2.75, 3.05) is 56.2 Å². The predicted molar refractivity (Wildman–Crippen MR) is 107 cm³/mol. The van der Waals surface area contributed by atoms with E-state index in [4.69, 9.17) is 17.0 Å². The highest BCUT2D eigenvalue weighted by atomic mass is 32.2. The van der Waals surface area contributed by atoms with E-state index in [1.54, 1.807) is 12.1 Å². The van der Waals surface area contributed by atoms with E-state index in [0.29, 0.717) is 38.0 Å². The van der Waals surface area contributed by atoms with Gasteiger partial charge in [-0.2, -0.15) is 4.31 Å². The molecule has 0 atom stereocenters. The van der Waals surface area contributed by atoms with Crippen molar-refractivity contribution in [1.29, 1.82) is 0 Å². The van der Waals surface area contributed by atoms with Gasteiger partial charge in [-0.05, 0) is 50.2 Å². The summed E-state index contributed by atoms with van der Waals surface area (Å²) in [7, 11) is -3.54. The summed E-state index contributed by atoms with van der Waals surface area (Å²) >= 11 is 5.31. The van der Waals surface area contributed by atoms with Gasteiger partial charge in [0.25, 0.3) is 0 Å². The van der Waals surface area contributed by atoms with E-state index in [0.717, 1.165) is 37.3 Å². The maximum atomic E-state index is 13.0. The highest BCUT2D eigenvalue weighted by molar-refractivity contribution is 7.89. The van der Waals surface area contributed by atoms with Crippen LogP contribution in [-0.2, 0) is 14.8 Å². The predicted octanol–water partition coefficient (Wildman–Crippen LogP) is 1.61. The third kappa shape index (κ3) is 4.28. The number of nitrogens with one attached hydrogen (secondary N) is 2. The smallest absolute Gasteiger partial charge is 0.243 e. The highest BCUT2D eigenvalue weighted by Gasteiger charge is 2.28. The number of benzene rings is 1. The average Bonchev–Trinajstić information content (AvgIpc) is 3.17. The number of morpholine rings is 1. The lowest BCUT2D eigenvalue weighted by atomic mass is 10.2. The zero-order valence-electron chi connectivity index (χ0n) is 15.0. The number of nitrogens with zero attached hydrogens (tertiary/aromatic N) is 2. The minimum Gasteiger partial charge on any atom is -0.379 e.